The molecule has 0 fully saturated rings. The predicted octanol–water partition coefficient (Wildman–Crippen LogP) is 1.98. The average Bonchev–Trinajstić information content (AvgIpc) is 2.51. The van der Waals surface area contributed by atoms with Crippen LogP contribution in [0.2, 0.25) is 4.34 Å². The van der Waals surface area contributed by atoms with E-state index in [9.17, 15) is 8.42 Å². The number of nitrogens with zero attached hydrogens (tertiary/aromatic N) is 1. The maximum absolute atomic E-state index is 11.7. The van der Waals surface area contributed by atoms with E-state index in [2.05, 4.69) is 4.72 Å². The van der Waals surface area contributed by atoms with Gasteiger partial charge in [0, 0.05) is 0 Å². The SMILES string of the molecule is CC(C)(C#N)NS(=O)(=O)c1ccc(Cl)s1. The lowest BCUT2D eigenvalue weighted by molar-refractivity contribution is 0.537. The Bertz CT molecular complexity index is 499. The smallest absolute Gasteiger partial charge is 0.206 e. The molecule has 0 atom stereocenters. The molecule has 1 N–H and O–H groups in total. The normalized spacial score (nSPS) is 12.4. The van der Waals surface area contributed by atoms with Gasteiger partial charge in [0.05, 0.1) is 10.4 Å². The fourth-order valence-electron chi connectivity index (χ4n) is 0.851. The summed E-state index contributed by atoms with van der Waals surface area (Å²) in [5.74, 6) is 0. The molecular weight excluding hydrogens is 256 g/mol. The summed E-state index contributed by atoms with van der Waals surface area (Å²) in [6.45, 7) is 2.97. The van der Waals surface area contributed by atoms with Crippen LogP contribution >= 0.6 is 22.9 Å². The number of hydrogen-bond donors (Lipinski definition) is 1. The molecule has 7 heteroatoms. The molecule has 0 bridgehead atoms. The third-order valence-electron chi connectivity index (χ3n) is 1.48. The maximum Gasteiger partial charge on any atom is 0.251 e. The molecule has 0 saturated heterocycles. The molecule has 0 aliphatic rings. The van der Waals surface area contributed by atoms with Crippen molar-refractivity contribution in [1.29, 1.82) is 5.26 Å². The van der Waals surface area contributed by atoms with Crippen molar-refractivity contribution in [1.82, 2.24) is 4.72 Å². The summed E-state index contributed by atoms with van der Waals surface area (Å²) in [7, 11) is -3.65. The van der Waals surface area contributed by atoms with Crippen molar-refractivity contribution in [2.75, 3.05) is 0 Å². The Labute approximate surface area is 97.5 Å². The van der Waals surface area contributed by atoms with E-state index >= 15 is 0 Å². The van der Waals surface area contributed by atoms with Gasteiger partial charge in [-0.05, 0) is 26.0 Å². The fraction of sp³-hybridized carbons (Fsp3) is 0.375. The van der Waals surface area contributed by atoms with E-state index in [-0.39, 0.29) is 4.21 Å². The monoisotopic (exact) mass is 264 g/mol. The van der Waals surface area contributed by atoms with Crippen molar-refractivity contribution >= 4 is 33.0 Å². The molecule has 1 rings (SSSR count). The van der Waals surface area contributed by atoms with Gasteiger partial charge in [-0.25, -0.2) is 8.42 Å². The first-order valence-electron chi connectivity index (χ1n) is 3.97. The molecule has 0 aliphatic carbocycles. The van der Waals surface area contributed by atoms with E-state index in [1.165, 1.54) is 26.0 Å². The molecule has 0 amide bonds. The van der Waals surface area contributed by atoms with Gasteiger partial charge in [0.15, 0.2) is 0 Å². The molecule has 0 aromatic carbocycles. The summed E-state index contributed by atoms with van der Waals surface area (Å²) in [4.78, 5) is 0. The number of thiophene rings is 1. The number of sulfonamides is 1. The van der Waals surface area contributed by atoms with Crippen molar-refractivity contribution in [3.8, 4) is 6.07 Å². The van der Waals surface area contributed by atoms with Crippen LogP contribution in [0.15, 0.2) is 16.3 Å². The Morgan fingerprint density at radius 2 is 2.13 bits per heavy atom. The second-order valence-corrected chi connectivity index (χ2v) is 7.03. The Morgan fingerprint density at radius 1 is 1.53 bits per heavy atom. The maximum atomic E-state index is 11.7. The number of rotatable bonds is 3. The minimum absolute atomic E-state index is 0.107. The van der Waals surface area contributed by atoms with Crippen LogP contribution in [0.5, 0.6) is 0 Å². The van der Waals surface area contributed by atoms with Crippen LogP contribution in [-0.2, 0) is 10.0 Å². The van der Waals surface area contributed by atoms with E-state index in [1.807, 2.05) is 6.07 Å². The van der Waals surface area contributed by atoms with E-state index in [4.69, 9.17) is 16.9 Å². The van der Waals surface area contributed by atoms with Crippen molar-refractivity contribution < 1.29 is 8.42 Å². The first-order valence-corrected chi connectivity index (χ1v) is 6.65. The molecule has 82 valence electrons. The third kappa shape index (κ3) is 3.18. The van der Waals surface area contributed by atoms with E-state index in [1.54, 1.807) is 0 Å². The minimum Gasteiger partial charge on any atom is -0.206 e. The van der Waals surface area contributed by atoms with Gasteiger partial charge in [0.25, 0.3) is 10.0 Å². The first kappa shape index (κ1) is 12.5. The van der Waals surface area contributed by atoms with Crippen molar-refractivity contribution in [3.63, 3.8) is 0 Å². The summed E-state index contributed by atoms with van der Waals surface area (Å²) in [5, 5.41) is 8.71. The zero-order valence-corrected chi connectivity index (χ0v) is 10.5. The van der Waals surface area contributed by atoms with Crippen LogP contribution in [0.3, 0.4) is 0 Å². The molecule has 15 heavy (non-hydrogen) atoms. The number of halogens is 1. The second-order valence-electron chi connectivity index (χ2n) is 3.40. The van der Waals surface area contributed by atoms with Gasteiger partial charge in [-0.1, -0.05) is 11.6 Å². The molecule has 0 radical (unpaired) electrons. The van der Waals surface area contributed by atoms with Crippen LogP contribution in [0.1, 0.15) is 13.8 Å². The highest BCUT2D eigenvalue weighted by molar-refractivity contribution is 7.91. The predicted molar refractivity (Wildman–Crippen MR) is 59.3 cm³/mol. The Hall–Kier alpha value is -0.610. The first-order chi connectivity index (χ1) is 6.77. The highest BCUT2D eigenvalue weighted by Crippen LogP contribution is 2.26. The largest absolute Gasteiger partial charge is 0.251 e. The molecule has 1 aromatic heterocycles. The molecule has 0 spiro atoms. The van der Waals surface area contributed by atoms with Crippen molar-refractivity contribution in [2.24, 2.45) is 0 Å². The topological polar surface area (TPSA) is 70.0 Å². The summed E-state index contributed by atoms with van der Waals surface area (Å²) >= 11 is 6.58. The molecule has 4 nitrogen and oxygen atoms in total. The van der Waals surface area contributed by atoms with Gasteiger partial charge < -0.3 is 0 Å². The number of hydrogen-bond acceptors (Lipinski definition) is 4. The van der Waals surface area contributed by atoms with Gasteiger partial charge in [-0.3, -0.25) is 0 Å². The van der Waals surface area contributed by atoms with Crippen molar-refractivity contribution in [2.45, 2.75) is 23.6 Å². The number of nitrogens with one attached hydrogen (secondary N) is 1. The summed E-state index contributed by atoms with van der Waals surface area (Å²) in [5.41, 5.74) is -1.13. The van der Waals surface area contributed by atoms with E-state index in [0.29, 0.717) is 4.34 Å². The Balaban J connectivity index is 3.01. The van der Waals surface area contributed by atoms with Gasteiger partial charge in [0.1, 0.15) is 9.75 Å². The molecule has 1 aromatic rings. The summed E-state index contributed by atoms with van der Waals surface area (Å²) in [6, 6.07) is 4.76. The van der Waals surface area contributed by atoms with E-state index in [0.717, 1.165) is 11.3 Å². The molecular formula is C8H9ClN2O2S2. The van der Waals surface area contributed by atoms with E-state index < -0.39 is 15.6 Å². The van der Waals surface area contributed by atoms with Gasteiger partial charge in [0.2, 0.25) is 0 Å². The van der Waals surface area contributed by atoms with Crippen LogP contribution in [0.4, 0.5) is 0 Å². The lowest BCUT2D eigenvalue weighted by atomic mass is 10.1. The quantitative estimate of drug-likeness (QED) is 0.908. The lowest BCUT2D eigenvalue weighted by Crippen LogP contribution is -2.41. The van der Waals surface area contributed by atoms with Crippen LogP contribution in [0.25, 0.3) is 0 Å². The summed E-state index contributed by atoms with van der Waals surface area (Å²) in [6.07, 6.45) is 0. The molecule has 1 heterocycles. The molecule has 0 saturated carbocycles. The Morgan fingerprint density at radius 3 is 2.53 bits per heavy atom. The van der Waals surface area contributed by atoms with Crippen LogP contribution in [-0.4, -0.2) is 14.0 Å². The average molecular weight is 265 g/mol. The standard InChI is InChI=1S/C8H9ClN2O2S2/c1-8(2,5-10)11-15(12,13)7-4-3-6(9)14-7/h3-4,11H,1-2H3. The van der Waals surface area contributed by atoms with Crippen LogP contribution < -0.4 is 4.72 Å². The van der Waals surface area contributed by atoms with Crippen LogP contribution in [0, 0.1) is 11.3 Å². The third-order valence-corrected chi connectivity index (χ3v) is 4.86. The Kier molecular flexibility index (Phi) is 3.41. The lowest BCUT2D eigenvalue weighted by Gasteiger charge is -2.16. The zero-order chi connectivity index (χ0) is 11.7. The second kappa shape index (κ2) is 4.10. The summed E-state index contributed by atoms with van der Waals surface area (Å²) < 4.78 is 26.2. The minimum atomic E-state index is -3.65. The molecule has 0 aliphatic heterocycles. The highest BCUT2D eigenvalue weighted by Gasteiger charge is 2.26. The zero-order valence-electron chi connectivity index (χ0n) is 8.11. The van der Waals surface area contributed by atoms with Gasteiger partial charge >= 0.3 is 0 Å². The molecule has 0 unspecified atom stereocenters. The van der Waals surface area contributed by atoms with Gasteiger partial charge in [-0.15, -0.1) is 11.3 Å². The fourth-order valence-corrected chi connectivity index (χ4v) is 3.66. The van der Waals surface area contributed by atoms with Crippen molar-refractivity contribution in [3.05, 3.63) is 16.5 Å². The highest BCUT2D eigenvalue weighted by atomic mass is 35.5. The number of nitriles is 1. The van der Waals surface area contributed by atoms with Gasteiger partial charge in [-0.2, -0.15) is 9.98 Å².